The second-order valence-corrected chi connectivity index (χ2v) is 5.45. The Hall–Kier alpha value is -3.28. The van der Waals surface area contributed by atoms with Gasteiger partial charge in [-0.25, -0.2) is 0 Å². The van der Waals surface area contributed by atoms with E-state index in [4.69, 9.17) is 8.94 Å². The van der Waals surface area contributed by atoms with Crippen molar-refractivity contribution in [3.05, 3.63) is 72.4 Å². The summed E-state index contributed by atoms with van der Waals surface area (Å²) in [5.41, 5.74) is 1.96. The van der Waals surface area contributed by atoms with E-state index in [1.807, 2.05) is 74.5 Å². The largest absolute Gasteiger partial charge is 0.421 e. The lowest BCUT2D eigenvalue weighted by Gasteiger charge is -1.91. The van der Waals surface area contributed by atoms with Gasteiger partial charge in [0.05, 0.1) is 0 Å². The normalized spacial score (nSPS) is 10.2. The lowest BCUT2D eigenvalue weighted by Crippen LogP contribution is -1.80. The number of benzene rings is 2. The van der Waals surface area contributed by atoms with Crippen molar-refractivity contribution in [1.29, 1.82) is 0 Å². The molecule has 0 aliphatic rings. The van der Waals surface area contributed by atoms with Gasteiger partial charge in [0, 0.05) is 24.0 Å². The second-order valence-electron chi connectivity index (χ2n) is 5.45. The third kappa shape index (κ3) is 4.42. The topological polar surface area (TPSA) is 77.8 Å². The number of nitrogens with zero attached hydrogens (tertiary/aromatic N) is 4. The van der Waals surface area contributed by atoms with Crippen molar-refractivity contribution in [1.82, 2.24) is 20.3 Å². The van der Waals surface area contributed by atoms with E-state index in [9.17, 15) is 0 Å². The fraction of sp³-hybridized carbons (Fsp3) is 0.200. The molecule has 0 saturated heterocycles. The van der Waals surface area contributed by atoms with Crippen molar-refractivity contribution in [3.63, 3.8) is 0 Å². The van der Waals surface area contributed by atoms with Crippen LogP contribution in [0.2, 0.25) is 0 Å². The zero-order chi connectivity index (χ0) is 18.2. The van der Waals surface area contributed by atoms with Crippen LogP contribution < -0.4 is 0 Å². The van der Waals surface area contributed by atoms with Crippen molar-refractivity contribution >= 4 is 0 Å². The maximum Gasteiger partial charge on any atom is 0.247 e. The Morgan fingerprint density at radius 1 is 0.731 bits per heavy atom. The Labute approximate surface area is 151 Å². The van der Waals surface area contributed by atoms with Gasteiger partial charge in [-0.2, -0.15) is 4.98 Å². The first-order valence-electron chi connectivity index (χ1n) is 8.56. The highest BCUT2D eigenvalue weighted by atomic mass is 16.5. The summed E-state index contributed by atoms with van der Waals surface area (Å²) in [5, 5.41) is 11.7. The molecular weight excluding hydrogens is 328 g/mol. The molecule has 0 spiro atoms. The van der Waals surface area contributed by atoms with E-state index < -0.39 is 0 Å². The molecule has 6 nitrogen and oxygen atoms in total. The number of rotatable bonds is 4. The van der Waals surface area contributed by atoms with Gasteiger partial charge in [0.15, 0.2) is 0 Å². The molecule has 4 rings (SSSR count). The Bertz CT molecular complexity index is 839. The van der Waals surface area contributed by atoms with Crippen LogP contribution in [0.3, 0.4) is 0 Å². The van der Waals surface area contributed by atoms with E-state index in [1.165, 1.54) is 0 Å². The Morgan fingerprint density at radius 2 is 1.35 bits per heavy atom. The smallest absolute Gasteiger partial charge is 0.247 e. The molecule has 0 unspecified atom stereocenters. The van der Waals surface area contributed by atoms with Crippen LogP contribution in [0.25, 0.3) is 22.8 Å². The molecule has 132 valence electrons. The van der Waals surface area contributed by atoms with Crippen molar-refractivity contribution in [2.24, 2.45) is 0 Å². The van der Waals surface area contributed by atoms with Crippen molar-refractivity contribution < 1.29 is 8.94 Å². The minimum atomic E-state index is 0.595. The highest BCUT2D eigenvalue weighted by Crippen LogP contribution is 2.16. The summed E-state index contributed by atoms with van der Waals surface area (Å²) in [4.78, 5) is 4.22. The lowest BCUT2D eigenvalue weighted by atomic mass is 10.2. The van der Waals surface area contributed by atoms with E-state index in [0.717, 1.165) is 24.0 Å². The van der Waals surface area contributed by atoms with Crippen LogP contribution in [0.15, 0.2) is 69.6 Å². The predicted octanol–water partition coefficient (Wildman–Crippen LogP) is 4.60. The minimum Gasteiger partial charge on any atom is -0.421 e. The van der Waals surface area contributed by atoms with Crippen LogP contribution in [0.4, 0.5) is 0 Å². The molecule has 0 amide bonds. The van der Waals surface area contributed by atoms with E-state index in [2.05, 4.69) is 20.3 Å². The second kappa shape index (κ2) is 8.71. The third-order valence-corrected chi connectivity index (χ3v) is 3.59. The van der Waals surface area contributed by atoms with Crippen LogP contribution in [0.5, 0.6) is 0 Å². The molecule has 0 atom stereocenters. The van der Waals surface area contributed by atoms with Gasteiger partial charge in [-0.05, 0) is 12.1 Å². The molecule has 0 saturated carbocycles. The quantitative estimate of drug-likeness (QED) is 0.536. The fourth-order valence-electron chi connectivity index (χ4n) is 2.20. The van der Waals surface area contributed by atoms with Gasteiger partial charge in [0.25, 0.3) is 0 Å². The average Bonchev–Trinajstić information content (AvgIpc) is 3.39. The zero-order valence-electron chi connectivity index (χ0n) is 14.8. The first kappa shape index (κ1) is 17.5. The Kier molecular flexibility index (Phi) is 5.88. The van der Waals surface area contributed by atoms with Crippen LogP contribution in [0.1, 0.15) is 25.6 Å². The number of hydrogen-bond acceptors (Lipinski definition) is 6. The first-order chi connectivity index (χ1) is 12.8. The summed E-state index contributed by atoms with van der Waals surface area (Å²) < 4.78 is 10.4. The molecule has 6 heteroatoms. The number of aryl methyl sites for hydroxylation is 2. The van der Waals surface area contributed by atoms with Crippen molar-refractivity contribution in [2.75, 3.05) is 0 Å². The Balaban J connectivity index is 0.000000151. The standard InChI is InChI=1S/2C10H10N2O/c1-2-9-11-12-10(13-9)8-6-4-3-5-7-8;1-2-9-11-10(12-13-9)8-6-4-3-5-7-8/h2*3-7H,2H2,1H3. The van der Waals surface area contributed by atoms with E-state index >= 15 is 0 Å². The third-order valence-electron chi connectivity index (χ3n) is 3.59. The first-order valence-corrected chi connectivity index (χ1v) is 8.56. The minimum absolute atomic E-state index is 0.595. The maximum atomic E-state index is 5.40. The summed E-state index contributed by atoms with van der Waals surface area (Å²) in [6, 6.07) is 19.6. The molecule has 0 radical (unpaired) electrons. The summed E-state index contributed by atoms with van der Waals surface area (Å²) in [7, 11) is 0. The fourth-order valence-corrected chi connectivity index (χ4v) is 2.20. The predicted molar refractivity (Wildman–Crippen MR) is 98.2 cm³/mol. The molecule has 2 aromatic carbocycles. The van der Waals surface area contributed by atoms with E-state index in [-0.39, 0.29) is 0 Å². The van der Waals surface area contributed by atoms with E-state index in [0.29, 0.717) is 23.5 Å². The molecule has 0 aliphatic carbocycles. The lowest BCUT2D eigenvalue weighted by molar-refractivity contribution is 0.383. The van der Waals surface area contributed by atoms with Gasteiger partial charge in [-0.3, -0.25) is 0 Å². The Morgan fingerprint density at radius 3 is 1.88 bits per heavy atom. The average molecular weight is 348 g/mol. The van der Waals surface area contributed by atoms with Crippen molar-refractivity contribution in [2.45, 2.75) is 26.7 Å². The maximum absolute atomic E-state index is 5.40. The molecule has 0 bridgehead atoms. The van der Waals surface area contributed by atoms with Gasteiger partial charge >= 0.3 is 0 Å². The summed E-state index contributed by atoms with van der Waals surface area (Å²) in [5.74, 6) is 2.62. The monoisotopic (exact) mass is 348 g/mol. The SMILES string of the molecule is CCc1nc(-c2ccccc2)no1.CCc1nnc(-c2ccccc2)o1. The van der Waals surface area contributed by atoms with E-state index in [1.54, 1.807) is 0 Å². The molecule has 0 fully saturated rings. The van der Waals surface area contributed by atoms with Gasteiger partial charge in [-0.15, -0.1) is 10.2 Å². The van der Waals surface area contributed by atoms with Gasteiger partial charge in [0.2, 0.25) is 23.5 Å². The number of aromatic nitrogens is 4. The van der Waals surface area contributed by atoms with Crippen molar-refractivity contribution in [3.8, 4) is 22.8 Å². The van der Waals surface area contributed by atoms with Gasteiger partial charge < -0.3 is 8.94 Å². The molecule has 4 aromatic rings. The van der Waals surface area contributed by atoms with Crippen LogP contribution >= 0.6 is 0 Å². The molecule has 0 N–H and O–H groups in total. The zero-order valence-corrected chi connectivity index (χ0v) is 14.8. The summed E-state index contributed by atoms with van der Waals surface area (Å²) in [6.07, 6.45) is 1.56. The number of hydrogen-bond donors (Lipinski definition) is 0. The summed E-state index contributed by atoms with van der Waals surface area (Å²) in [6.45, 7) is 3.98. The highest BCUT2D eigenvalue weighted by molar-refractivity contribution is 5.53. The summed E-state index contributed by atoms with van der Waals surface area (Å²) >= 11 is 0. The molecule has 26 heavy (non-hydrogen) atoms. The molecule has 2 aromatic heterocycles. The van der Waals surface area contributed by atoms with Gasteiger partial charge in [-0.1, -0.05) is 67.5 Å². The van der Waals surface area contributed by atoms with Crippen LogP contribution in [-0.2, 0) is 12.8 Å². The molecular formula is C20H20N4O2. The van der Waals surface area contributed by atoms with Crippen LogP contribution in [0, 0.1) is 0 Å². The molecule has 0 aliphatic heterocycles. The molecule has 2 heterocycles. The van der Waals surface area contributed by atoms with Gasteiger partial charge in [0.1, 0.15) is 0 Å². The van der Waals surface area contributed by atoms with Crippen LogP contribution in [-0.4, -0.2) is 20.3 Å². The highest BCUT2D eigenvalue weighted by Gasteiger charge is 2.06.